The normalized spacial score (nSPS) is 10.4. The van der Waals surface area contributed by atoms with E-state index in [1.165, 1.54) is 5.69 Å². The lowest BCUT2D eigenvalue weighted by Crippen LogP contribution is -2.21. The van der Waals surface area contributed by atoms with Crippen LogP contribution >= 0.6 is 35.0 Å². The first kappa shape index (κ1) is 13.0. The highest BCUT2D eigenvalue weighted by atomic mass is 35.5. The summed E-state index contributed by atoms with van der Waals surface area (Å²) in [5, 5.41) is 0.743. The molecule has 0 N–H and O–H groups in total. The van der Waals surface area contributed by atoms with Crippen LogP contribution in [0.15, 0.2) is 18.2 Å². The molecule has 4 heteroatoms. The van der Waals surface area contributed by atoms with E-state index in [1.807, 2.05) is 30.0 Å². The van der Waals surface area contributed by atoms with E-state index in [9.17, 15) is 0 Å². The van der Waals surface area contributed by atoms with Crippen molar-refractivity contribution in [1.82, 2.24) is 0 Å². The Kier molecular flexibility index (Phi) is 5.65. The topological polar surface area (TPSA) is 3.24 Å². The quantitative estimate of drug-likeness (QED) is 0.742. The number of halogens is 2. The van der Waals surface area contributed by atoms with Gasteiger partial charge >= 0.3 is 0 Å². The van der Waals surface area contributed by atoms with Gasteiger partial charge in [0.15, 0.2) is 0 Å². The summed E-state index contributed by atoms with van der Waals surface area (Å²) in [4.78, 5) is 2.21. The minimum Gasteiger partial charge on any atom is -0.374 e. The number of nitrogens with zero attached hydrogens (tertiary/aromatic N) is 1. The highest BCUT2D eigenvalue weighted by Crippen LogP contribution is 2.25. The Hall–Kier alpha value is -0.0500. The molecule has 0 amide bonds. The maximum absolute atomic E-state index is 5.92. The standard InChI is InChI=1S/C11H15Cl2NS/c1-14(5-6-15-2)11-4-3-10(13)7-9(11)8-12/h3-4,7H,5-6,8H2,1-2H3. The highest BCUT2D eigenvalue weighted by molar-refractivity contribution is 7.98. The van der Waals surface area contributed by atoms with Gasteiger partial charge in [-0.1, -0.05) is 11.6 Å². The van der Waals surface area contributed by atoms with Gasteiger partial charge in [0.25, 0.3) is 0 Å². The average molecular weight is 264 g/mol. The van der Waals surface area contributed by atoms with Gasteiger partial charge in [0.1, 0.15) is 0 Å². The maximum atomic E-state index is 5.92. The Morgan fingerprint density at radius 1 is 1.40 bits per heavy atom. The van der Waals surface area contributed by atoms with Gasteiger partial charge in [-0.15, -0.1) is 11.6 Å². The van der Waals surface area contributed by atoms with Crippen LogP contribution in [0.3, 0.4) is 0 Å². The van der Waals surface area contributed by atoms with Crippen molar-refractivity contribution in [1.29, 1.82) is 0 Å². The Labute approximate surface area is 106 Å². The summed E-state index contributed by atoms with van der Waals surface area (Å²) in [5.41, 5.74) is 2.26. The summed E-state index contributed by atoms with van der Waals surface area (Å²) in [7, 11) is 2.08. The molecule has 0 aliphatic heterocycles. The molecule has 0 aliphatic rings. The fraction of sp³-hybridized carbons (Fsp3) is 0.455. The predicted molar refractivity (Wildman–Crippen MR) is 72.7 cm³/mol. The summed E-state index contributed by atoms with van der Waals surface area (Å²) < 4.78 is 0. The van der Waals surface area contributed by atoms with E-state index < -0.39 is 0 Å². The Morgan fingerprint density at radius 2 is 2.13 bits per heavy atom. The van der Waals surface area contributed by atoms with Crippen LogP contribution < -0.4 is 4.90 Å². The highest BCUT2D eigenvalue weighted by Gasteiger charge is 2.06. The molecule has 1 aromatic carbocycles. The molecule has 0 radical (unpaired) electrons. The average Bonchev–Trinajstić information content (AvgIpc) is 2.25. The molecular formula is C11H15Cl2NS. The minimum atomic E-state index is 0.500. The smallest absolute Gasteiger partial charge is 0.0495 e. The largest absolute Gasteiger partial charge is 0.374 e. The SMILES string of the molecule is CSCCN(C)c1ccc(Cl)cc1CCl. The zero-order valence-electron chi connectivity index (χ0n) is 8.96. The zero-order chi connectivity index (χ0) is 11.3. The molecule has 0 bridgehead atoms. The second-order valence-electron chi connectivity index (χ2n) is 3.32. The van der Waals surface area contributed by atoms with Crippen LogP contribution in [0.1, 0.15) is 5.56 Å². The van der Waals surface area contributed by atoms with Gasteiger partial charge in [-0.25, -0.2) is 0 Å². The van der Waals surface area contributed by atoms with E-state index in [0.29, 0.717) is 5.88 Å². The fourth-order valence-electron chi connectivity index (χ4n) is 1.38. The van der Waals surface area contributed by atoms with E-state index in [-0.39, 0.29) is 0 Å². The Balaban J connectivity index is 2.82. The summed E-state index contributed by atoms with van der Waals surface area (Å²) in [5.74, 6) is 1.61. The van der Waals surface area contributed by atoms with Gasteiger partial charge in [0, 0.05) is 35.9 Å². The lowest BCUT2D eigenvalue weighted by Gasteiger charge is -2.21. The fourth-order valence-corrected chi connectivity index (χ4v) is 2.25. The number of rotatable bonds is 5. The van der Waals surface area contributed by atoms with Gasteiger partial charge in [0.2, 0.25) is 0 Å². The number of alkyl halides is 1. The summed E-state index contributed by atoms with van der Waals surface area (Å²) in [6.07, 6.45) is 2.11. The lowest BCUT2D eigenvalue weighted by molar-refractivity contribution is 0.969. The van der Waals surface area contributed by atoms with E-state index in [0.717, 1.165) is 22.9 Å². The molecule has 84 valence electrons. The van der Waals surface area contributed by atoms with Gasteiger partial charge in [-0.05, 0) is 30.0 Å². The van der Waals surface area contributed by atoms with Gasteiger partial charge in [0.05, 0.1) is 0 Å². The number of thioether (sulfide) groups is 1. The molecule has 0 aromatic heterocycles. The summed E-state index contributed by atoms with van der Waals surface area (Å²) in [6.45, 7) is 1.02. The van der Waals surface area contributed by atoms with Crippen LogP contribution in [0, 0.1) is 0 Å². The van der Waals surface area contributed by atoms with Crippen LogP contribution in [0.25, 0.3) is 0 Å². The third kappa shape index (κ3) is 3.78. The molecule has 0 atom stereocenters. The van der Waals surface area contributed by atoms with E-state index in [2.05, 4.69) is 18.2 Å². The molecule has 0 saturated carbocycles. The second-order valence-corrected chi connectivity index (χ2v) is 5.01. The molecule has 0 fully saturated rings. The maximum Gasteiger partial charge on any atom is 0.0495 e. The molecule has 1 nitrogen and oxygen atoms in total. The molecule has 0 spiro atoms. The third-order valence-corrected chi connectivity index (χ3v) is 3.34. The minimum absolute atomic E-state index is 0.500. The van der Waals surface area contributed by atoms with E-state index >= 15 is 0 Å². The molecule has 15 heavy (non-hydrogen) atoms. The third-order valence-electron chi connectivity index (χ3n) is 2.23. The van der Waals surface area contributed by atoms with Crippen molar-refractivity contribution >= 4 is 40.7 Å². The van der Waals surface area contributed by atoms with Gasteiger partial charge in [-0.2, -0.15) is 11.8 Å². The van der Waals surface area contributed by atoms with Crippen molar-refractivity contribution in [3.63, 3.8) is 0 Å². The summed E-state index contributed by atoms with van der Waals surface area (Å²) >= 11 is 13.7. The van der Waals surface area contributed by atoms with Crippen LogP contribution in [-0.4, -0.2) is 25.6 Å². The molecular weight excluding hydrogens is 249 g/mol. The van der Waals surface area contributed by atoms with E-state index in [4.69, 9.17) is 23.2 Å². The van der Waals surface area contributed by atoms with Crippen molar-refractivity contribution in [2.75, 3.05) is 30.5 Å². The van der Waals surface area contributed by atoms with Gasteiger partial charge < -0.3 is 4.90 Å². The Morgan fingerprint density at radius 3 is 2.73 bits per heavy atom. The van der Waals surface area contributed by atoms with Crippen molar-refractivity contribution in [3.8, 4) is 0 Å². The monoisotopic (exact) mass is 263 g/mol. The first-order valence-electron chi connectivity index (χ1n) is 4.73. The molecule has 0 unspecified atom stereocenters. The Bertz CT molecular complexity index is 317. The lowest BCUT2D eigenvalue weighted by atomic mass is 10.2. The van der Waals surface area contributed by atoms with Gasteiger partial charge in [-0.3, -0.25) is 0 Å². The first-order chi connectivity index (χ1) is 7.19. The second kappa shape index (κ2) is 6.51. The van der Waals surface area contributed by atoms with Crippen LogP contribution in [0.2, 0.25) is 5.02 Å². The van der Waals surface area contributed by atoms with Crippen LogP contribution in [-0.2, 0) is 5.88 Å². The summed E-state index contributed by atoms with van der Waals surface area (Å²) in [6, 6.07) is 5.86. The number of hydrogen-bond donors (Lipinski definition) is 0. The number of benzene rings is 1. The van der Waals surface area contributed by atoms with Crippen molar-refractivity contribution in [3.05, 3.63) is 28.8 Å². The predicted octanol–water partition coefficient (Wildman–Crippen LogP) is 3.88. The number of hydrogen-bond acceptors (Lipinski definition) is 2. The molecule has 0 saturated heterocycles. The van der Waals surface area contributed by atoms with Crippen LogP contribution in [0.4, 0.5) is 5.69 Å². The van der Waals surface area contributed by atoms with E-state index in [1.54, 1.807) is 0 Å². The first-order valence-corrected chi connectivity index (χ1v) is 7.04. The van der Waals surface area contributed by atoms with Crippen molar-refractivity contribution in [2.45, 2.75) is 5.88 Å². The molecule has 0 heterocycles. The molecule has 1 aromatic rings. The van der Waals surface area contributed by atoms with Crippen molar-refractivity contribution < 1.29 is 0 Å². The molecule has 1 rings (SSSR count). The number of anilines is 1. The van der Waals surface area contributed by atoms with Crippen molar-refractivity contribution in [2.24, 2.45) is 0 Å². The van der Waals surface area contributed by atoms with Crippen LogP contribution in [0.5, 0.6) is 0 Å². The zero-order valence-corrected chi connectivity index (χ0v) is 11.3. The molecule has 0 aliphatic carbocycles.